The zero-order valence-corrected chi connectivity index (χ0v) is 14.8. The number of rotatable bonds is 6. The minimum absolute atomic E-state index is 0.404. The number of carbonyl (C=O) groups excluding carboxylic acids is 2. The number of benzene rings is 2. The van der Waals surface area contributed by atoms with Gasteiger partial charge in [0.05, 0.1) is 13.3 Å². The first-order valence-electron chi connectivity index (χ1n) is 7.19. The van der Waals surface area contributed by atoms with Crippen molar-refractivity contribution in [2.24, 2.45) is 5.10 Å². The zero-order valence-electron chi connectivity index (χ0n) is 13.3. The van der Waals surface area contributed by atoms with Crippen LogP contribution in [0.5, 0.6) is 5.75 Å². The third-order valence-corrected chi connectivity index (χ3v) is 3.53. The molecule has 0 spiro atoms. The number of carbonyl (C=O) groups is 2. The van der Waals surface area contributed by atoms with Crippen molar-refractivity contribution in [3.8, 4) is 5.75 Å². The predicted octanol–water partition coefficient (Wildman–Crippen LogP) is 3.08. The highest BCUT2D eigenvalue weighted by molar-refractivity contribution is 9.10. The van der Waals surface area contributed by atoms with Crippen LogP contribution in [-0.4, -0.2) is 25.1 Å². The molecule has 2 rings (SSSR count). The molecule has 0 fully saturated rings. The number of nitrogens with zero attached hydrogens (tertiary/aromatic N) is 1. The van der Waals surface area contributed by atoms with Gasteiger partial charge in [-0.05, 0) is 42.5 Å². The molecule has 25 heavy (non-hydrogen) atoms. The van der Waals surface area contributed by atoms with Crippen LogP contribution in [0.2, 0.25) is 0 Å². The molecule has 0 aliphatic heterocycles. The summed E-state index contributed by atoms with van der Waals surface area (Å²) in [5.41, 5.74) is 3.33. The highest BCUT2D eigenvalue weighted by Crippen LogP contribution is 2.21. The summed E-state index contributed by atoms with van der Waals surface area (Å²) in [7, 11) is 1.53. The summed E-state index contributed by atoms with van der Waals surface area (Å²) in [6, 6.07) is 10.6. The van der Waals surface area contributed by atoms with Crippen molar-refractivity contribution in [2.75, 3.05) is 12.4 Å². The topological polar surface area (TPSA) is 79.8 Å². The van der Waals surface area contributed by atoms with E-state index >= 15 is 0 Å². The summed E-state index contributed by atoms with van der Waals surface area (Å²) in [5.74, 6) is -0.924. The summed E-state index contributed by atoms with van der Waals surface area (Å²) in [6.07, 6.45) is 1.00. The van der Waals surface area contributed by atoms with Gasteiger partial charge in [0.2, 0.25) is 11.8 Å². The second-order valence-electron chi connectivity index (χ2n) is 4.91. The van der Waals surface area contributed by atoms with Gasteiger partial charge in [0.25, 0.3) is 0 Å². The number of methoxy groups -OCH3 is 1. The van der Waals surface area contributed by atoms with Gasteiger partial charge >= 0.3 is 0 Å². The summed E-state index contributed by atoms with van der Waals surface area (Å²) in [5, 5.41) is 6.30. The van der Waals surface area contributed by atoms with Crippen molar-refractivity contribution in [3.63, 3.8) is 0 Å². The Kier molecular flexibility index (Phi) is 6.64. The maximum absolute atomic E-state index is 12.8. The fourth-order valence-corrected chi connectivity index (χ4v) is 2.28. The molecule has 0 aromatic heterocycles. The average molecular weight is 408 g/mol. The number of hydrazone groups is 1. The molecule has 2 aromatic carbocycles. The molecule has 0 saturated heterocycles. The standard InChI is InChI=1S/C17H15BrFN3O3/c1-25-15-7-2-12(18)8-11(15)10-20-22-17(24)9-16(23)21-14-5-3-13(19)4-6-14/h2-8,10H,9H2,1H3,(H,21,23)(H,22,24). The average Bonchev–Trinajstić information content (AvgIpc) is 2.57. The fourth-order valence-electron chi connectivity index (χ4n) is 1.90. The Morgan fingerprint density at radius 3 is 2.60 bits per heavy atom. The van der Waals surface area contributed by atoms with Crippen molar-refractivity contribution in [2.45, 2.75) is 6.42 Å². The predicted molar refractivity (Wildman–Crippen MR) is 96.1 cm³/mol. The maximum atomic E-state index is 12.8. The smallest absolute Gasteiger partial charge is 0.249 e. The lowest BCUT2D eigenvalue weighted by molar-refractivity contribution is -0.126. The van der Waals surface area contributed by atoms with Gasteiger partial charge in [-0.2, -0.15) is 5.10 Å². The first-order valence-corrected chi connectivity index (χ1v) is 7.98. The Morgan fingerprint density at radius 1 is 1.20 bits per heavy atom. The number of ether oxygens (including phenoxy) is 1. The van der Waals surface area contributed by atoms with E-state index in [0.717, 1.165) is 4.47 Å². The minimum Gasteiger partial charge on any atom is -0.496 e. The van der Waals surface area contributed by atoms with Crippen LogP contribution in [0.25, 0.3) is 0 Å². The zero-order chi connectivity index (χ0) is 18.2. The van der Waals surface area contributed by atoms with E-state index in [1.807, 2.05) is 6.07 Å². The van der Waals surface area contributed by atoms with E-state index in [2.05, 4.69) is 31.8 Å². The number of hydrogen-bond acceptors (Lipinski definition) is 4. The van der Waals surface area contributed by atoms with Gasteiger partial charge in [0, 0.05) is 15.7 Å². The molecule has 0 aliphatic carbocycles. The van der Waals surface area contributed by atoms with E-state index in [1.54, 1.807) is 12.1 Å². The van der Waals surface area contributed by atoms with Crippen LogP contribution in [0.1, 0.15) is 12.0 Å². The number of nitrogens with one attached hydrogen (secondary N) is 2. The minimum atomic E-state index is -0.579. The van der Waals surface area contributed by atoms with Gasteiger partial charge in [-0.1, -0.05) is 15.9 Å². The lowest BCUT2D eigenvalue weighted by atomic mass is 10.2. The second kappa shape index (κ2) is 8.93. The quantitative estimate of drug-likeness (QED) is 0.438. The second-order valence-corrected chi connectivity index (χ2v) is 5.83. The van der Waals surface area contributed by atoms with Crippen LogP contribution < -0.4 is 15.5 Å². The lowest BCUT2D eigenvalue weighted by Gasteiger charge is -2.05. The van der Waals surface area contributed by atoms with Crippen LogP contribution in [0, 0.1) is 5.82 Å². The van der Waals surface area contributed by atoms with Crippen molar-refractivity contribution < 1.29 is 18.7 Å². The summed E-state index contributed by atoms with van der Waals surface area (Å²) in [6.45, 7) is 0. The largest absolute Gasteiger partial charge is 0.496 e. The molecule has 6 nitrogen and oxygen atoms in total. The highest BCUT2D eigenvalue weighted by Gasteiger charge is 2.09. The van der Waals surface area contributed by atoms with Gasteiger partial charge in [-0.25, -0.2) is 9.82 Å². The third kappa shape index (κ3) is 6.00. The van der Waals surface area contributed by atoms with Gasteiger partial charge in [0.15, 0.2) is 0 Å². The lowest BCUT2D eigenvalue weighted by Crippen LogP contribution is -2.24. The molecule has 0 heterocycles. The van der Waals surface area contributed by atoms with E-state index in [9.17, 15) is 14.0 Å². The molecule has 0 saturated carbocycles. The Bertz CT molecular complexity index is 794. The number of anilines is 1. The van der Waals surface area contributed by atoms with E-state index in [4.69, 9.17) is 4.74 Å². The van der Waals surface area contributed by atoms with E-state index in [1.165, 1.54) is 37.6 Å². The Balaban J connectivity index is 1.86. The van der Waals surface area contributed by atoms with Crippen molar-refractivity contribution >= 4 is 39.6 Å². The first kappa shape index (κ1) is 18.6. The molecule has 0 radical (unpaired) electrons. The number of hydrogen-bond donors (Lipinski definition) is 2. The van der Waals surface area contributed by atoms with Gasteiger partial charge in [-0.3, -0.25) is 9.59 Å². The monoisotopic (exact) mass is 407 g/mol. The SMILES string of the molecule is COc1ccc(Br)cc1C=NNC(=O)CC(=O)Nc1ccc(F)cc1. The summed E-state index contributed by atoms with van der Waals surface area (Å²) >= 11 is 3.33. The van der Waals surface area contributed by atoms with Gasteiger partial charge in [-0.15, -0.1) is 0 Å². The molecule has 0 bridgehead atoms. The molecule has 0 unspecified atom stereocenters. The molecule has 0 aliphatic rings. The molecule has 2 aromatic rings. The third-order valence-electron chi connectivity index (χ3n) is 3.03. The van der Waals surface area contributed by atoms with Crippen molar-refractivity contribution in [1.82, 2.24) is 5.43 Å². The molecule has 130 valence electrons. The van der Waals surface area contributed by atoms with Crippen molar-refractivity contribution in [1.29, 1.82) is 0 Å². The molecular weight excluding hydrogens is 393 g/mol. The molecule has 8 heteroatoms. The first-order chi connectivity index (χ1) is 12.0. The van der Waals surface area contributed by atoms with Gasteiger partial charge < -0.3 is 10.1 Å². The van der Waals surface area contributed by atoms with Crippen LogP contribution >= 0.6 is 15.9 Å². The Labute approximate surface area is 152 Å². The Hall–Kier alpha value is -2.74. The molecule has 2 N–H and O–H groups in total. The summed E-state index contributed by atoms with van der Waals surface area (Å²) < 4.78 is 18.8. The van der Waals surface area contributed by atoms with E-state index in [-0.39, 0.29) is 0 Å². The van der Waals surface area contributed by atoms with Crippen LogP contribution in [0.15, 0.2) is 52.0 Å². The molecule has 2 amide bonds. The van der Waals surface area contributed by atoms with Crippen LogP contribution in [-0.2, 0) is 9.59 Å². The van der Waals surface area contributed by atoms with Crippen LogP contribution in [0.4, 0.5) is 10.1 Å². The van der Waals surface area contributed by atoms with Crippen LogP contribution in [0.3, 0.4) is 0 Å². The van der Waals surface area contributed by atoms with E-state index < -0.39 is 24.1 Å². The number of halogens is 2. The maximum Gasteiger partial charge on any atom is 0.249 e. The Morgan fingerprint density at radius 2 is 1.92 bits per heavy atom. The number of amides is 2. The molecular formula is C17H15BrFN3O3. The van der Waals surface area contributed by atoms with Gasteiger partial charge in [0.1, 0.15) is 18.0 Å². The summed E-state index contributed by atoms with van der Waals surface area (Å²) in [4.78, 5) is 23.5. The fraction of sp³-hybridized carbons (Fsp3) is 0.118. The molecule has 0 atom stereocenters. The highest BCUT2D eigenvalue weighted by atomic mass is 79.9. The normalized spacial score (nSPS) is 10.5. The van der Waals surface area contributed by atoms with Crippen molar-refractivity contribution in [3.05, 3.63) is 58.3 Å². The van der Waals surface area contributed by atoms with E-state index in [0.29, 0.717) is 17.0 Å².